The summed E-state index contributed by atoms with van der Waals surface area (Å²) in [6.07, 6.45) is -3.41. The maximum atomic E-state index is 12.9. The molecule has 0 aromatic heterocycles. The molecule has 0 aliphatic carbocycles. The number of hydrogen-bond acceptors (Lipinski definition) is 1. The van der Waals surface area contributed by atoms with E-state index in [-0.39, 0.29) is 4.90 Å². The van der Waals surface area contributed by atoms with Gasteiger partial charge in [0.15, 0.2) is 11.6 Å². The maximum absolute atomic E-state index is 12.9. The summed E-state index contributed by atoms with van der Waals surface area (Å²) in [6, 6.07) is 1.44. The van der Waals surface area contributed by atoms with Crippen LogP contribution in [0.25, 0.3) is 0 Å². The van der Waals surface area contributed by atoms with E-state index in [1.807, 2.05) is 0 Å². The van der Waals surface area contributed by atoms with Crippen molar-refractivity contribution < 1.29 is 22.0 Å². The highest BCUT2D eigenvalue weighted by Crippen LogP contribution is 2.34. The van der Waals surface area contributed by atoms with Gasteiger partial charge in [-0.1, -0.05) is 0 Å². The van der Waals surface area contributed by atoms with Crippen molar-refractivity contribution in [3.63, 3.8) is 0 Å². The molecule has 6 heteroatoms. The van der Waals surface area contributed by atoms with E-state index in [1.165, 1.54) is 6.26 Å². The lowest BCUT2D eigenvalue weighted by molar-refractivity contribution is -0.140. The van der Waals surface area contributed by atoms with Gasteiger partial charge in [0.05, 0.1) is 5.56 Å². The van der Waals surface area contributed by atoms with E-state index < -0.39 is 23.4 Å². The van der Waals surface area contributed by atoms with Gasteiger partial charge in [0, 0.05) is 4.90 Å². The summed E-state index contributed by atoms with van der Waals surface area (Å²) in [6.45, 7) is 0. The van der Waals surface area contributed by atoms with Gasteiger partial charge in [-0.2, -0.15) is 13.2 Å². The molecule has 14 heavy (non-hydrogen) atoms. The van der Waals surface area contributed by atoms with Crippen LogP contribution in [0.2, 0.25) is 0 Å². The Morgan fingerprint density at radius 2 is 1.64 bits per heavy atom. The molecular formula is C8H5F5S. The average molecular weight is 228 g/mol. The van der Waals surface area contributed by atoms with Crippen molar-refractivity contribution in [3.8, 4) is 0 Å². The molecule has 0 spiro atoms. The molecular weight excluding hydrogens is 223 g/mol. The maximum Gasteiger partial charge on any atom is 0.419 e. The first kappa shape index (κ1) is 11.3. The molecule has 0 saturated heterocycles. The first-order valence-electron chi connectivity index (χ1n) is 3.47. The second-order valence-corrected chi connectivity index (χ2v) is 3.29. The number of thioether (sulfide) groups is 1. The predicted octanol–water partition coefficient (Wildman–Crippen LogP) is 3.71. The van der Waals surface area contributed by atoms with Gasteiger partial charge in [0.2, 0.25) is 0 Å². The van der Waals surface area contributed by atoms with Gasteiger partial charge in [-0.3, -0.25) is 0 Å². The van der Waals surface area contributed by atoms with Gasteiger partial charge in [0.25, 0.3) is 0 Å². The minimum atomic E-state index is -4.86. The molecule has 1 aromatic rings. The Morgan fingerprint density at radius 1 is 1.07 bits per heavy atom. The fourth-order valence-electron chi connectivity index (χ4n) is 0.908. The van der Waals surface area contributed by atoms with Crippen LogP contribution in [0.1, 0.15) is 5.56 Å². The molecule has 0 unspecified atom stereocenters. The van der Waals surface area contributed by atoms with Gasteiger partial charge in [-0.15, -0.1) is 11.8 Å². The number of benzene rings is 1. The summed E-state index contributed by atoms with van der Waals surface area (Å²) < 4.78 is 61.9. The molecule has 0 nitrogen and oxygen atoms in total. The third-order valence-electron chi connectivity index (χ3n) is 1.57. The lowest BCUT2D eigenvalue weighted by Gasteiger charge is -2.09. The van der Waals surface area contributed by atoms with Crippen LogP contribution in [0.5, 0.6) is 0 Å². The van der Waals surface area contributed by atoms with E-state index >= 15 is 0 Å². The number of halogens is 5. The third kappa shape index (κ3) is 2.00. The smallest absolute Gasteiger partial charge is 0.203 e. The summed E-state index contributed by atoms with van der Waals surface area (Å²) in [5, 5.41) is 0. The Kier molecular flexibility index (Phi) is 3.04. The molecule has 1 rings (SSSR count). The van der Waals surface area contributed by atoms with Gasteiger partial charge in [0.1, 0.15) is 0 Å². The lowest BCUT2D eigenvalue weighted by atomic mass is 10.2. The zero-order valence-corrected chi connectivity index (χ0v) is 7.77. The first-order valence-corrected chi connectivity index (χ1v) is 4.69. The average Bonchev–Trinajstić information content (AvgIpc) is 2.07. The summed E-state index contributed by atoms with van der Waals surface area (Å²) in [5.74, 6) is -3.29. The SMILES string of the molecule is CSc1ccc(C(F)(F)F)c(F)c1F. The molecule has 0 amide bonds. The van der Waals surface area contributed by atoms with Crippen molar-refractivity contribution in [1.29, 1.82) is 0 Å². The molecule has 0 heterocycles. The molecule has 0 saturated carbocycles. The molecule has 0 fully saturated rings. The van der Waals surface area contributed by atoms with Crippen LogP contribution in [0.3, 0.4) is 0 Å². The highest BCUT2D eigenvalue weighted by Gasteiger charge is 2.35. The first-order chi connectivity index (χ1) is 6.38. The van der Waals surface area contributed by atoms with Crippen LogP contribution >= 0.6 is 11.8 Å². The second-order valence-electron chi connectivity index (χ2n) is 2.44. The van der Waals surface area contributed by atoms with Crippen LogP contribution in [-0.4, -0.2) is 6.26 Å². The summed E-state index contributed by atoms with van der Waals surface area (Å²) in [5.41, 5.74) is -1.58. The number of rotatable bonds is 1. The number of hydrogen-bond donors (Lipinski definition) is 0. The molecule has 0 radical (unpaired) electrons. The zero-order valence-electron chi connectivity index (χ0n) is 6.95. The van der Waals surface area contributed by atoms with Gasteiger partial charge >= 0.3 is 6.18 Å². The summed E-state index contributed by atoms with van der Waals surface area (Å²) in [7, 11) is 0. The van der Waals surface area contributed by atoms with Gasteiger partial charge in [-0.25, -0.2) is 8.78 Å². The Bertz CT molecular complexity index is 344. The van der Waals surface area contributed by atoms with Gasteiger partial charge in [-0.05, 0) is 18.4 Å². The molecule has 0 N–H and O–H groups in total. The van der Waals surface area contributed by atoms with Crippen LogP contribution in [-0.2, 0) is 6.18 Å². The van der Waals surface area contributed by atoms with Crippen molar-refractivity contribution in [2.75, 3.05) is 6.26 Å². The molecule has 0 bridgehead atoms. The van der Waals surface area contributed by atoms with Crippen LogP contribution < -0.4 is 0 Å². The normalized spacial score (nSPS) is 11.9. The molecule has 0 atom stereocenters. The van der Waals surface area contributed by atoms with E-state index in [1.54, 1.807) is 0 Å². The second kappa shape index (κ2) is 3.76. The van der Waals surface area contributed by atoms with E-state index in [0.29, 0.717) is 6.07 Å². The quantitative estimate of drug-likeness (QED) is 0.521. The van der Waals surface area contributed by atoms with Crippen molar-refractivity contribution in [2.45, 2.75) is 11.1 Å². The lowest BCUT2D eigenvalue weighted by Crippen LogP contribution is -2.09. The predicted molar refractivity (Wildman–Crippen MR) is 43.1 cm³/mol. The van der Waals surface area contributed by atoms with E-state index in [2.05, 4.69) is 0 Å². The molecule has 0 aliphatic rings. The van der Waals surface area contributed by atoms with Crippen molar-refractivity contribution in [1.82, 2.24) is 0 Å². The van der Waals surface area contributed by atoms with E-state index in [0.717, 1.165) is 17.8 Å². The van der Waals surface area contributed by atoms with Crippen LogP contribution in [0, 0.1) is 11.6 Å². The summed E-state index contributed by atoms with van der Waals surface area (Å²) >= 11 is 0.847. The van der Waals surface area contributed by atoms with Crippen LogP contribution in [0.4, 0.5) is 22.0 Å². The van der Waals surface area contributed by atoms with Crippen LogP contribution in [0.15, 0.2) is 17.0 Å². The highest BCUT2D eigenvalue weighted by molar-refractivity contribution is 7.98. The molecule has 1 aromatic carbocycles. The topological polar surface area (TPSA) is 0 Å². The fourth-order valence-corrected chi connectivity index (χ4v) is 1.38. The Hall–Kier alpha value is -0.780. The Labute approximate surface area is 81.1 Å². The summed E-state index contributed by atoms with van der Waals surface area (Å²) in [4.78, 5) is -0.143. The largest absolute Gasteiger partial charge is 0.419 e. The van der Waals surface area contributed by atoms with E-state index in [9.17, 15) is 22.0 Å². The van der Waals surface area contributed by atoms with Crippen molar-refractivity contribution in [2.24, 2.45) is 0 Å². The minimum Gasteiger partial charge on any atom is -0.203 e. The fraction of sp³-hybridized carbons (Fsp3) is 0.250. The zero-order chi connectivity index (χ0) is 10.9. The van der Waals surface area contributed by atoms with Gasteiger partial charge < -0.3 is 0 Å². The van der Waals surface area contributed by atoms with Crippen molar-refractivity contribution >= 4 is 11.8 Å². The van der Waals surface area contributed by atoms with E-state index in [4.69, 9.17) is 0 Å². The monoisotopic (exact) mass is 228 g/mol. The molecule has 0 aliphatic heterocycles. The third-order valence-corrected chi connectivity index (χ3v) is 2.33. The highest BCUT2D eigenvalue weighted by atomic mass is 32.2. The Morgan fingerprint density at radius 3 is 2.07 bits per heavy atom. The van der Waals surface area contributed by atoms with Crippen molar-refractivity contribution in [3.05, 3.63) is 29.3 Å². The minimum absolute atomic E-state index is 0.143. The molecule has 78 valence electrons. The number of alkyl halides is 3. The standard InChI is InChI=1S/C8H5F5S/c1-14-5-3-2-4(8(11,12)13)6(9)7(5)10/h2-3H,1H3. The Balaban J connectivity index is 3.31.